The Hall–Kier alpha value is -3.75. The van der Waals surface area contributed by atoms with E-state index in [4.69, 9.17) is 0 Å². The molecule has 4 aromatic rings. The molecule has 2 amide bonds. The molecule has 0 aliphatic carbocycles. The van der Waals surface area contributed by atoms with Gasteiger partial charge in [-0.25, -0.2) is 8.42 Å². The number of anilines is 2. The number of halogens is 1. The van der Waals surface area contributed by atoms with Gasteiger partial charge in [-0.1, -0.05) is 51.8 Å². The minimum Gasteiger partial charge on any atom is -0.322 e. The molecule has 0 spiro atoms. The lowest BCUT2D eigenvalue weighted by Gasteiger charge is -2.24. The minimum absolute atomic E-state index is 0.0165. The number of rotatable bonds is 4. The molecule has 0 atom stereocenters. The van der Waals surface area contributed by atoms with E-state index in [0.717, 1.165) is 26.7 Å². The molecular formula is C30H25BrN2O4S. The maximum absolute atomic E-state index is 13.9. The Morgan fingerprint density at radius 1 is 0.868 bits per heavy atom. The largest absolute Gasteiger partial charge is 0.322 e. The van der Waals surface area contributed by atoms with Crippen LogP contribution in [0.4, 0.5) is 11.4 Å². The van der Waals surface area contributed by atoms with Crippen LogP contribution in [-0.2, 0) is 16.4 Å². The molecule has 8 heteroatoms. The van der Waals surface area contributed by atoms with E-state index in [1.807, 2.05) is 51.1 Å². The summed E-state index contributed by atoms with van der Waals surface area (Å²) >= 11 is 3.45. The van der Waals surface area contributed by atoms with Gasteiger partial charge in [0.25, 0.3) is 11.8 Å². The summed E-state index contributed by atoms with van der Waals surface area (Å²) in [5, 5.41) is 2.87. The molecule has 0 bridgehead atoms. The van der Waals surface area contributed by atoms with E-state index in [2.05, 4.69) is 21.2 Å². The third-order valence-electron chi connectivity index (χ3n) is 6.70. The lowest BCUT2D eigenvalue weighted by atomic mass is 10.0. The Morgan fingerprint density at radius 3 is 2.39 bits per heavy atom. The fourth-order valence-electron chi connectivity index (χ4n) is 4.57. The number of nitrogens with one attached hydrogen (secondary N) is 1. The molecule has 1 N–H and O–H groups in total. The van der Waals surface area contributed by atoms with Gasteiger partial charge in [0.2, 0.25) is 9.84 Å². The molecule has 0 unspecified atom stereocenters. The fourth-order valence-corrected chi connectivity index (χ4v) is 6.45. The highest BCUT2D eigenvalue weighted by atomic mass is 79.9. The van der Waals surface area contributed by atoms with Gasteiger partial charge in [0.15, 0.2) is 0 Å². The zero-order valence-corrected chi connectivity index (χ0v) is 23.5. The van der Waals surface area contributed by atoms with E-state index in [0.29, 0.717) is 5.69 Å². The number of sulfone groups is 1. The van der Waals surface area contributed by atoms with Gasteiger partial charge in [-0.05, 0) is 86.0 Å². The lowest BCUT2D eigenvalue weighted by Crippen LogP contribution is -2.31. The Bertz CT molecular complexity index is 1730. The summed E-state index contributed by atoms with van der Waals surface area (Å²) in [5.41, 5.74) is 4.97. The quantitative estimate of drug-likeness (QED) is 0.290. The van der Waals surface area contributed by atoms with Crippen molar-refractivity contribution in [2.75, 3.05) is 10.2 Å². The van der Waals surface area contributed by atoms with Crippen molar-refractivity contribution in [3.8, 4) is 0 Å². The van der Waals surface area contributed by atoms with E-state index in [1.54, 1.807) is 18.2 Å². The van der Waals surface area contributed by atoms with Crippen LogP contribution in [0.3, 0.4) is 0 Å². The third kappa shape index (κ3) is 4.66. The first-order chi connectivity index (χ1) is 18.1. The summed E-state index contributed by atoms with van der Waals surface area (Å²) in [6.45, 7) is 5.99. The van der Waals surface area contributed by atoms with Gasteiger partial charge >= 0.3 is 0 Å². The summed E-state index contributed by atoms with van der Waals surface area (Å²) < 4.78 is 28.4. The number of aryl methyl sites for hydroxylation is 3. The molecule has 1 heterocycles. The first-order valence-electron chi connectivity index (χ1n) is 12.0. The molecule has 0 fully saturated rings. The van der Waals surface area contributed by atoms with E-state index in [1.165, 1.54) is 35.2 Å². The molecule has 192 valence electrons. The first-order valence-corrected chi connectivity index (χ1v) is 14.3. The molecule has 0 radical (unpaired) electrons. The molecule has 0 saturated heterocycles. The van der Waals surface area contributed by atoms with E-state index in [-0.39, 0.29) is 33.2 Å². The van der Waals surface area contributed by atoms with Gasteiger partial charge in [-0.3, -0.25) is 9.59 Å². The summed E-state index contributed by atoms with van der Waals surface area (Å²) in [4.78, 5) is 28.5. The molecule has 4 aromatic carbocycles. The standard InChI is InChI=1S/C30H25BrN2O4S/c1-18-8-9-19(2)22(14-18)17-33-26-16-21(29(34)32-23-11-12-25(31)20(3)15-23)10-13-28(26)38(36,37)27-7-5-4-6-24(27)30(33)35/h4-16H,17H2,1-3H3,(H,32,34). The highest BCUT2D eigenvalue weighted by molar-refractivity contribution is 9.10. The van der Waals surface area contributed by atoms with Crippen molar-refractivity contribution in [3.05, 3.63) is 117 Å². The second kappa shape index (κ2) is 9.85. The topological polar surface area (TPSA) is 83.6 Å². The van der Waals surface area contributed by atoms with Crippen molar-refractivity contribution in [2.24, 2.45) is 0 Å². The van der Waals surface area contributed by atoms with Crippen LogP contribution in [0.15, 0.2) is 93.1 Å². The molecule has 1 aliphatic heterocycles. The van der Waals surface area contributed by atoms with E-state index in [9.17, 15) is 18.0 Å². The molecular weight excluding hydrogens is 564 g/mol. The van der Waals surface area contributed by atoms with Crippen molar-refractivity contribution in [1.29, 1.82) is 0 Å². The van der Waals surface area contributed by atoms with Gasteiger partial charge in [0, 0.05) is 15.7 Å². The minimum atomic E-state index is -4.03. The summed E-state index contributed by atoms with van der Waals surface area (Å²) in [6, 6.07) is 22.0. The maximum Gasteiger partial charge on any atom is 0.259 e. The molecule has 6 nitrogen and oxygen atoms in total. The van der Waals surface area contributed by atoms with Gasteiger partial charge in [-0.2, -0.15) is 0 Å². The predicted octanol–water partition coefficient (Wildman–Crippen LogP) is 6.62. The second-order valence-corrected chi connectivity index (χ2v) is 12.2. The van der Waals surface area contributed by atoms with Gasteiger partial charge in [0.1, 0.15) is 0 Å². The van der Waals surface area contributed by atoms with Crippen LogP contribution in [0, 0.1) is 20.8 Å². The Morgan fingerprint density at radius 2 is 1.63 bits per heavy atom. The first kappa shape index (κ1) is 25.9. The van der Waals surface area contributed by atoms with Crippen molar-refractivity contribution in [3.63, 3.8) is 0 Å². The molecule has 5 rings (SSSR count). The number of hydrogen-bond acceptors (Lipinski definition) is 4. The number of carbonyl (C=O) groups excluding carboxylic acids is 2. The normalized spacial score (nSPS) is 13.9. The Balaban J connectivity index is 1.65. The van der Waals surface area contributed by atoms with Crippen molar-refractivity contribution >= 4 is 49.0 Å². The fraction of sp³-hybridized carbons (Fsp3) is 0.133. The van der Waals surface area contributed by atoms with E-state index < -0.39 is 21.7 Å². The average molecular weight is 590 g/mol. The highest BCUT2D eigenvalue weighted by Crippen LogP contribution is 2.38. The SMILES string of the molecule is Cc1ccc(C)c(CN2C(=O)c3ccccc3S(=O)(=O)c3ccc(C(=O)Nc4ccc(Br)c(C)c4)cc32)c1. The number of carbonyl (C=O) groups is 2. The van der Waals surface area contributed by atoms with Crippen molar-refractivity contribution < 1.29 is 18.0 Å². The van der Waals surface area contributed by atoms with Crippen molar-refractivity contribution in [1.82, 2.24) is 0 Å². The number of hydrogen-bond donors (Lipinski definition) is 1. The van der Waals surface area contributed by atoms with Crippen LogP contribution in [-0.4, -0.2) is 20.2 Å². The second-order valence-electron chi connectivity index (χ2n) is 9.42. The molecule has 0 saturated carbocycles. The van der Waals surface area contributed by atoms with Crippen molar-refractivity contribution in [2.45, 2.75) is 37.1 Å². The Kier molecular flexibility index (Phi) is 6.71. The smallest absolute Gasteiger partial charge is 0.259 e. The van der Waals surface area contributed by atoms with E-state index >= 15 is 0 Å². The predicted molar refractivity (Wildman–Crippen MR) is 152 cm³/mol. The zero-order valence-electron chi connectivity index (χ0n) is 21.1. The molecule has 38 heavy (non-hydrogen) atoms. The van der Waals surface area contributed by atoms with Crippen LogP contribution in [0.25, 0.3) is 0 Å². The van der Waals surface area contributed by atoms with Crippen LogP contribution in [0.1, 0.15) is 43.0 Å². The maximum atomic E-state index is 13.9. The summed E-state index contributed by atoms with van der Waals surface area (Å²) in [7, 11) is -4.03. The van der Waals surface area contributed by atoms with Crippen LogP contribution >= 0.6 is 15.9 Å². The lowest BCUT2D eigenvalue weighted by molar-refractivity contribution is 0.0979. The number of nitrogens with zero attached hydrogens (tertiary/aromatic N) is 1. The highest BCUT2D eigenvalue weighted by Gasteiger charge is 2.36. The number of fused-ring (bicyclic) bond motifs is 2. The molecule has 0 aromatic heterocycles. The van der Waals surface area contributed by atoms with Crippen LogP contribution in [0.5, 0.6) is 0 Å². The monoisotopic (exact) mass is 588 g/mol. The van der Waals surface area contributed by atoms with Gasteiger partial charge < -0.3 is 10.2 Å². The zero-order chi connectivity index (χ0) is 27.2. The van der Waals surface area contributed by atoms with Gasteiger partial charge in [-0.15, -0.1) is 0 Å². The summed E-state index contributed by atoms with van der Waals surface area (Å²) in [6.07, 6.45) is 0. The Labute approximate surface area is 230 Å². The van der Waals surface area contributed by atoms with Crippen LogP contribution in [0.2, 0.25) is 0 Å². The summed E-state index contributed by atoms with van der Waals surface area (Å²) in [5.74, 6) is -0.849. The number of amides is 2. The average Bonchev–Trinajstić information content (AvgIpc) is 2.96. The van der Waals surface area contributed by atoms with Crippen LogP contribution < -0.4 is 10.2 Å². The number of benzene rings is 4. The van der Waals surface area contributed by atoms with Gasteiger partial charge in [0.05, 0.1) is 27.6 Å². The third-order valence-corrected chi connectivity index (χ3v) is 9.45. The molecule has 1 aliphatic rings.